The quantitative estimate of drug-likeness (QED) is 0.856. The lowest BCUT2D eigenvalue weighted by Gasteiger charge is -2.33. The van der Waals surface area contributed by atoms with E-state index in [0.29, 0.717) is 25.3 Å². The average molecular weight is 302 g/mol. The third kappa shape index (κ3) is 2.99. The summed E-state index contributed by atoms with van der Waals surface area (Å²) in [5.41, 5.74) is 2.72. The number of carbonyl (C=O) groups is 1. The van der Waals surface area contributed by atoms with Crippen LogP contribution in [-0.4, -0.2) is 41.6 Å². The lowest BCUT2D eigenvalue weighted by atomic mass is 10.1. The van der Waals surface area contributed by atoms with Crippen molar-refractivity contribution in [3.05, 3.63) is 40.9 Å². The summed E-state index contributed by atoms with van der Waals surface area (Å²) in [6.07, 6.45) is 0. The molecule has 0 N–H and O–H groups in total. The molecule has 1 aromatic carbocycles. The van der Waals surface area contributed by atoms with Crippen LogP contribution in [0.4, 0.5) is 0 Å². The first-order chi connectivity index (χ1) is 10.1. The molecule has 1 unspecified atom stereocenters. The van der Waals surface area contributed by atoms with Gasteiger partial charge in [-0.25, -0.2) is 4.98 Å². The summed E-state index contributed by atoms with van der Waals surface area (Å²) in [7, 11) is 0. The Labute approximate surface area is 128 Å². The highest BCUT2D eigenvalue weighted by molar-refractivity contribution is 7.13. The first-order valence-corrected chi connectivity index (χ1v) is 7.94. The van der Waals surface area contributed by atoms with Crippen LogP contribution >= 0.6 is 11.3 Å². The standard InChI is InChI=1S/C16H18N2O2S/c1-11-10-21-15(17-11)13-4-3-5-14(8-13)16(19)18-6-7-20-9-12(18)2/h3-5,8,10,12H,6-7,9H2,1-2H3. The van der Waals surface area contributed by atoms with Gasteiger partial charge in [-0.05, 0) is 26.0 Å². The molecule has 4 nitrogen and oxygen atoms in total. The minimum atomic E-state index is 0.0703. The molecule has 1 amide bonds. The van der Waals surface area contributed by atoms with Gasteiger partial charge in [0.05, 0.1) is 19.3 Å². The van der Waals surface area contributed by atoms with Crippen LogP contribution in [0.25, 0.3) is 10.6 Å². The van der Waals surface area contributed by atoms with Crippen molar-refractivity contribution >= 4 is 17.2 Å². The van der Waals surface area contributed by atoms with E-state index in [9.17, 15) is 4.79 Å². The van der Waals surface area contributed by atoms with E-state index in [1.807, 2.05) is 48.4 Å². The van der Waals surface area contributed by atoms with Gasteiger partial charge in [-0.15, -0.1) is 11.3 Å². The molecule has 110 valence electrons. The van der Waals surface area contributed by atoms with Crippen molar-refractivity contribution in [3.8, 4) is 10.6 Å². The van der Waals surface area contributed by atoms with E-state index in [0.717, 1.165) is 16.3 Å². The van der Waals surface area contributed by atoms with Gasteiger partial charge in [-0.2, -0.15) is 0 Å². The summed E-state index contributed by atoms with van der Waals surface area (Å²) >= 11 is 1.60. The Balaban J connectivity index is 1.87. The van der Waals surface area contributed by atoms with Gasteiger partial charge in [-0.3, -0.25) is 4.79 Å². The second-order valence-electron chi connectivity index (χ2n) is 5.30. The smallest absolute Gasteiger partial charge is 0.254 e. The molecule has 0 radical (unpaired) electrons. The minimum absolute atomic E-state index is 0.0703. The molecule has 5 heteroatoms. The maximum absolute atomic E-state index is 12.7. The fourth-order valence-corrected chi connectivity index (χ4v) is 3.26. The van der Waals surface area contributed by atoms with Gasteiger partial charge in [0.15, 0.2) is 0 Å². The molecule has 1 aromatic heterocycles. The van der Waals surface area contributed by atoms with E-state index in [4.69, 9.17) is 4.74 Å². The normalized spacial score (nSPS) is 18.8. The summed E-state index contributed by atoms with van der Waals surface area (Å²) in [6.45, 7) is 5.87. The molecule has 21 heavy (non-hydrogen) atoms. The second kappa shape index (κ2) is 5.95. The van der Waals surface area contributed by atoms with Gasteiger partial charge < -0.3 is 9.64 Å². The Kier molecular flexibility index (Phi) is 4.03. The van der Waals surface area contributed by atoms with Gasteiger partial charge in [0, 0.05) is 28.7 Å². The zero-order chi connectivity index (χ0) is 14.8. The maximum atomic E-state index is 12.7. The third-order valence-corrected chi connectivity index (χ3v) is 4.61. The molecule has 3 rings (SSSR count). The molecule has 1 atom stereocenters. The summed E-state index contributed by atoms with van der Waals surface area (Å²) in [5, 5.41) is 2.98. The fourth-order valence-electron chi connectivity index (χ4n) is 2.47. The number of nitrogens with zero attached hydrogens (tertiary/aromatic N) is 2. The van der Waals surface area contributed by atoms with Crippen molar-refractivity contribution in [2.75, 3.05) is 19.8 Å². The lowest BCUT2D eigenvalue weighted by molar-refractivity contribution is 0.00360. The van der Waals surface area contributed by atoms with Crippen LogP contribution in [0.5, 0.6) is 0 Å². The third-order valence-electron chi connectivity index (χ3n) is 3.60. The van der Waals surface area contributed by atoms with Gasteiger partial charge in [0.1, 0.15) is 5.01 Å². The van der Waals surface area contributed by atoms with Crippen molar-refractivity contribution in [1.29, 1.82) is 0 Å². The van der Waals surface area contributed by atoms with Crippen LogP contribution in [0.2, 0.25) is 0 Å². The van der Waals surface area contributed by atoms with E-state index in [1.54, 1.807) is 11.3 Å². The molecule has 1 aliphatic rings. The highest BCUT2D eigenvalue weighted by atomic mass is 32.1. The number of aromatic nitrogens is 1. The fraction of sp³-hybridized carbons (Fsp3) is 0.375. The van der Waals surface area contributed by atoms with Crippen molar-refractivity contribution in [2.24, 2.45) is 0 Å². The number of hydrogen-bond acceptors (Lipinski definition) is 4. The summed E-state index contributed by atoms with van der Waals surface area (Å²) < 4.78 is 5.39. The van der Waals surface area contributed by atoms with Gasteiger partial charge >= 0.3 is 0 Å². The predicted octanol–water partition coefficient (Wildman–Crippen LogP) is 2.98. The molecule has 2 aromatic rings. The van der Waals surface area contributed by atoms with E-state index in [-0.39, 0.29) is 11.9 Å². The van der Waals surface area contributed by atoms with E-state index in [2.05, 4.69) is 4.98 Å². The number of morpholine rings is 1. The number of aryl methyl sites for hydroxylation is 1. The van der Waals surface area contributed by atoms with E-state index in [1.165, 1.54) is 0 Å². The molecule has 2 heterocycles. The average Bonchev–Trinajstić information content (AvgIpc) is 2.94. The molecule has 0 bridgehead atoms. The number of carbonyl (C=O) groups excluding carboxylic acids is 1. The molecule has 0 aliphatic carbocycles. The largest absolute Gasteiger partial charge is 0.377 e. The molecule has 1 aliphatic heterocycles. The van der Waals surface area contributed by atoms with Crippen LogP contribution < -0.4 is 0 Å². The minimum Gasteiger partial charge on any atom is -0.377 e. The maximum Gasteiger partial charge on any atom is 0.254 e. The first-order valence-electron chi connectivity index (χ1n) is 7.06. The predicted molar refractivity (Wildman–Crippen MR) is 83.6 cm³/mol. The number of ether oxygens (including phenoxy) is 1. The molecular weight excluding hydrogens is 284 g/mol. The first kappa shape index (κ1) is 14.2. The van der Waals surface area contributed by atoms with Crippen molar-refractivity contribution in [3.63, 3.8) is 0 Å². The lowest BCUT2D eigenvalue weighted by Crippen LogP contribution is -2.47. The number of benzene rings is 1. The highest BCUT2D eigenvalue weighted by Gasteiger charge is 2.24. The van der Waals surface area contributed by atoms with Crippen LogP contribution in [-0.2, 0) is 4.74 Å². The Bertz CT molecular complexity index is 653. The Morgan fingerprint density at radius 1 is 1.48 bits per heavy atom. The topological polar surface area (TPSA) is 42.4 Å². The van der Waals surface area contributed by atoms with Gasteiger partial charge in [0.25, 0.3) is 5.91 Å². The summed E-state index contributed by atoms with van der Waals surface area (Å²) in [5.74, 6) is 0.0703. The SMILES string of the molecule is Cc1csc(-c2cccc(C(=O)N3CCOCC3C)c2)n1. The van der Waals surface area contributed by atoms with Crippen LogP contribution in [0.15, 0.2) is 29.6 Å². The number of hydrogen-bond donors (Lipinski definition) is 0. The Morgan fingerprint density at radius 2 is 2.33 bits per heavy atom. The Morgan fingerprint density at radius 3 is 3.05 bits per heavy atom. The zero-order valence-electron chi connectivity index (χ0n) is 12.2. The van der Waals surface area contributed by atoms with Crippen LogP contribution in [0.1, 0.15) is 23.0 Å². The van der Waals surface area contributed by atoms with Gasteiger partial charge in [0.2, 0.25) is 0 Å². The molecule has 1 fully saturated rings. The van der Waals surface area contributed by atoms with E-state index >= 15 is 0 Å². The van der Waals surface area contributed by atoms with Gasteiger partial charge in [-0.1, -0.05) is 12.1 Å². The number of rotatable bonds is 2. The van der Waals surface area contributed by atoms with E-state index < -0.39 is 0 Å². The monoisotopic (exact) mass is 302 g/mol. The molecular formula is C16H18N2O2S. The van der Waals surface area contributed by atoms with Crippen molar-refractivity contribution in [2.45, 2.75) is 19.9 Å². The van der Waals surface area contributed by atoms with Crippen molar-refractivity contribution < 1.29 is 9.53 Å². The molecule has 0 saturated carbocycles. The second-order valence-corrected chi connectivity index (χ2v) is 6.16. The number of thiazole rings is 1. The highest BCUT2D eigenvalue weighted by Crippen LogP contribution is 2.25. The summed E-state index contributed by atoms with van der Waals surface area (Å²) in [4.78, 5) is 19.0. The number of amides is 1. The van der Waals surface area contributed by atoms with Crippen molar-refractivity contribution in [1.82, 2.24) is 9.88 Å². The molecule has 0 spiro atoms. The molecule has 1 saturated heterocycles. The van der Waals surface area contributed by atoms with Crippen LogP contribution in [0, 0.1) is 6.92 Å². The zero-order valence-corrected chi connectivity index (χ0v) is 13.0. The van der Waals surface area contributed by atoms with Crippen LogP contribution in [0.3, 0.4) is 0 Å². The summed E-state index contributed by atoms with van der Waals surface area (Å²) in [6, 6.07) is 7.84. The Hall–Kier alpha value is -1.72.